The predicted octanol–water partition coefficient (Wildman–Crippen LogP) is 2.69. The van der Waals surface area contributed by atoms with Crippen LogP contribution in [0.4, 0.5) is 4.79 Å². The first-order chi connectivity index (χ1) is 10.9. The van der Waals surface area contributed by atoms with Gasteiger partial charge in [0, 0.05) is 13.1 Å². The van der Waals surface area contributed by atoms with Crippen LogP contribution in [0.3, 0.4) is 0 Å². The number of aromatic nitrogens is 2. The molecule has 0 aliphatic carbocycles. The summed E-state index contributed by atoms with van der Waals surface area (Å²) in [6.07, 6.45) is 1.74. The number of amides is 1. The molecule has 2 heterocycles. The minimum Gasteiger partial charge on any atom is -0.444 e. The number of ether oxygens (including phenoxy) is 1. The maximum Gasteiger partial charge on any atom is 0.410 e. The first-order valence-electron chi connectivity index (χ1n) is 7.62. The number of nitrogens with one attached hydrogen (secondary N) is 1. The molecule has 0 fully saturated rings. The summed E-state index contributed by atoms with van der Waals surface area (Å²) >= 11 is 0. The number of rotatable bonds is 2. The smallest absolute Gasteiger partial charge is 0.410 e. The molecule has 0 atom stereocenters. The normalized spacial score (nSPS) is 15.1. The largest absolute Gasteiger partial charge is 0.444 e. The Hall–Kier alpha value is -2.34. The van der Waals surface area contributed by atoms with Crippen LogP contribution in [0.1, 0.15) is 32.2 Å². The van der Waals surface area contributed by atoms with Gasteiger partial charge >= 0.3 is 6.09 Å². The van der Waals surface area contributed by atoms with E-state index in [4.69, 9.17) is 9.84 Å². The lowest BCUT2D eigenvalue weighted by Crippen LogP contribution is -2.35. The lowest BCUT2D eigenvalue weighted by molar-refractivity contribution is 0.0306. The molecular formula is C17H21N3O3. The molecule has 1 amide bonds. The van der Waals surface area contributed by atoms with Gasteiger partial charge in [-0.3, -0.25) is 0 Å². The molecule has 1 aromatic heterocycles. The number of imidazole rings is 1. The summed E-state index contributed by atoms with van der Waals surface area (Å²) in [5.74, 6) is 0.549. The van der Waals surface area contributed by atoms with Crippen LogP contribution < -0.4 is 0 Å². The van der Waals surface area contributed by atoms with Crippen LogP contribution in [0.2, 0.25) is 0 Å². The van der Waals surface area contributed by atoms with Gasteiger partial charge in [-0.1, -0.05) is 12.1 Å². The fourth-order valence-corrected chi connectivity index (χ4v) is 2.57. The molecule has 1 aliphatic rings. The molecule has 23 heavy (non-hydrogen) atoms. The van der Waals surface area contributed by atoms with E-state index in [1.807, 2.05) is 45.0 Å². The van der Waals surface area contributed by atoms with Gasteiger partial charge in [0.1, 0.15) is 18.0 Å². The molecular weight excluding hydrogens is 294 g/mol. The molecule has 0 unspecified atom stereocenters. The maximum atomic E-state index is 12.1. The van der Waals surface area contributed by atoms with Gasteiger partial charge in [0.05, 0.1) is 11.0 Å². The van der Waals surface area contributed by atoms with Crippen molar-refractivity contribution in [2.45, 2.75) is 33.0 Å². The fourth-order valence-electron chi connectivity index (χ4n) is 2.57. The zero-order valence-electron chi connectivity index (χ0n) is 13.6. The van der Waals surface area contributed by atoms with Crippen LogP contribution in [0, 0.1) is 0 Å². The van der Waals surface area contributed by atoms with E-state index in [1.54, 1.807) is 4.90 Å². The summed E-state index contributed by atoms with van der Waals surface area (Å²) in [6.45, 7) is 6.55. The van der Waals surface area contributed by atoms with Crippen LogP contribution in [-0.4, -0.2) is 44.8 Å². The second-order valence-corrected chi connectivity index (χ2v) is 6.66. The van der Waals surface area contributed by atoms with E-state index in [0.717, 1.165) is 22.2 Å². The highest BCUT2D eigenvalue weighted by atomic mass is 16.6. The van der Waals surface area contributed by atoms with Crippen LogP contribution in [-0.2, 0) is 11.3 Å². The number of benzene rings is 1. The molecule has 6 heteroatoms. The number of H-pyrrole nitrogens is 1. The molecule has 0 spiro atoms. The Morgan fingerprint density at radius 1 is 1.43 bits per heavy atom. The number of carbonyl (C=O) groups excluding carboxylic acids is 1. The molecule has 3 rings (SSSR count). The Morgan fingerprint density at radius 3 is 2.91 bits per heavy atom. The van der Waals surface area contributed by atoms with E-state index in [0.29, 0.717) is 18.9 Å². The topological polar surface area (TPSA) is 78.4 Å². The minimum absolute atomic E-state index is 0.112. The average Bonchev–Trinajstić information content (AvgIpc) is 3.11. The number of aliphatic hydroxyl groups is 1. The quantitative estimate of drug-likeness (QED) is 0.893. The first-order valence-corrected chi connectivity index (χ1v) is 7.62. The van der Waals surface area contributed by atoms with Crippen molar-refractivity contribution in [1.29, 1.82) is 0 Å². The summed E-state index contributed by atoms with van der Waals surface area (Å²) in [4.78, 5) is 21.1. The van der Waals surface area contributed by atoms with Gasteiger partial charge in [-0.05, 0) is 44.0 Å². The van der Waals surface area contributed by atoms with Crippen molar-refractivity contribution in [1.82, 2.24) is 14.9 Å². The highest BCUT2D eigenvalue weighted by Gasteiger charge is 2.25. The second kappa shape index (κ2) is 5.70. The van der Waals surface area contributed by atoms with E-state index in [2.05, 4.69) is 9.97 Å². The van der Waals surface area contributed by atoms with Gasteiger partial charge in [0.2, 0.25) is 0 Å². The molecule has 2 aromatic rings. The fraction of sp³-hybridized carbons (Fsp3) is 0.412. The number of carbonyl (C=O) groups is 1. The molecule has 6 nitrogen and oxygen atoms in total. The molecule has 0 bridgehead atoms. The van der Waals surface area contributed by atoms with Crippen LogP contribution in [0.25, 0.3) is 16.6 Å². The number of aliphatic hydroxyl groups excluding tert-OH is 1. The third-order valence-electron chi connectivity index (χ3n) is 3.62. The molecule has 1 aromatic carbocycles. The lowest BCUT2D eigenvalue weighted by atomic mass is 10.1. The summed E-state index contributed by atoms with van der Waals surface area (Å²) in [6, 6.07) is 5.89. The third-order valence-corrected chi connectivity index (χ3v) is 3.62. The van der Waals surface area contributed by atoms with Crippen molar-refractivity contribution in [3.05, 3.63) is 35.7 Å². The van der Waals surface area contributed by atoms with Crippen molar-refractivity contribution < 1.29 is 14.6 Å². The van der Waals surface area contributed by atoms with Crippen LogP contribution >= 0.6 is 0 Å². The Bertz CT molecular complexity index is 771. The van der Waals surface area contributed by atoms with Crippen LogP contribution in [0.15, 0.2) is 24.3 Å². The van der Waals surface area contributed by atoms with E-state index in [-0.39, 0.29) is 12.7 Å². The standard InChI is InChI=1S/C17H21N3O3/c1-17(2,3)23-16(22)20-7-6-12(9-20)11-4-5-13-14(8-11)19-15(10-21)18-13/h4-6,8,21H,7,9-10H2,1-3H3,(H,18,19). The summed E-state index contributed by atoms with van der Waals surface area (Å²) in [5, 5.41) is 9.14. The zero-order valence-corrected chi connectivity index (χ0v) is 13.6. The van der Waals surface area contributed by atoms with Gasteiger partial charge < -0.3 is 19.7 Å². The first kappa shape index (κ1) is 15.6. The Kier molecular flexibility index (Phi) is 3.85. The average molecular weight is 315 g/mol. The van der Waals surface area contributed by atoms with E-state index < -0.39 is 5.60 Å². The van der Waals surface area contributed by atoms with E-state index in [1.165, 1.54) is 0 Å². The number of hydrogen-bond acceptors (Lipinski definition) is 4. The van der Waals surface area contributed by atoms with Crippen molar-refractivity contribution in [3.8, 4) is 0 Å². The lowest BCUT2D eigenvalue weighted by Gasteiger charge is -2.24. The van der Waals surface area contributed by atoms with Gasteiger partial charge in [-0.25, -0.2) is 9.78 Å². The molecule has 0 saturated carbocycles. The van der Waals surface area contributed by atoms with Crippen molar-refractivity contribution >= 4 is 22.7 Å². The maximum absolute atomic E-state index is 12.1. The third kappa shape index (κ3) is 3.37. The number of hydrogen-bond donors (Lipinski definition) is 2. The van der Waals surface area contributed by atoms with Gasteiger partial charge in [0.25, 0.3) is 0 Å². The molecule has 0 saturated heterocycles. The summed E-state index contributed by atoms with van der Waals surface area (Å²) in [5.41, 5.74) is 3.33. The highest BCUT2D eigenvalue weighted by molar-refractivity contribution is 5.83. The second-order valence-electron chi connectivity index (χ2n) is 6.66. The number of fused-ring (bicyclic) bond motifs is 1. The van der Waals surface area contributed by atoms with Gasteiger partial charge in [-0.15, -0.1) is 0 Å². The van der Waals surface area contributed by atoms with Crippen molar-refractivity contribution in [3.63, 3.8) is 0 Å². The van der Waals surface area contributed by atoms with Crippen molar-refractivity contribution in [2.75, 3.05) is 13.1 Å². The SMILES string of the molecule is CC(C)(C)OC(=O)N1CC=C(c2ccc3nc(CO)[nH]c3c2)C1. The molecule has 122 valence electrons. The Morgan fingerprint density at radius 2 is 2.22 bits per heavy atom. The van der Waals surface area contributed by atoms with Gasteiger partial charge in [-0.2, -0.15) is 0 Å². The minimum atomic E-state index is -0.491. The molecule has 2 N–H and O–H groups in total. The molecule has 1 aliphatic heterocycles. The van der Waals surface area contributed by atoms with Crippen molar-refractivity contribution in [2.24, 2.45) is 0 Å². The van der Waals surface area contributed by atoms with E-state index in [9.17, 15) is 4.79 Å². The summed E-state index contributed by atoms with van der Waals surface area (Å²) < 4.78 is 5.40. The number of nitrogens with zero attached hydrogens (tertiary/aromatic N) is 2. The Balaban J connectivity index is 1.75. The summed E-state index contributed by atoms with van der Waals surface area (Å²) in [7, 11) is 0. The number of aromatic amines is 1. The predicted molar refractivity (Wildman–Crippen MR) is 87.8 cm³/mol. The highest BCUT2D eigenvalue weighted by Crippen LogP contribution is 2.25. The zero-order chi connectivity index (χ0) is 16.6. The monoisotopic (exact) mass is 315 g/mol. The van der Waals surface area contributed by atoms with E-state index >= 15 is 0 Å². The molecule has 0 radical (unpaired) electrons. The Labute approximate surface area is 134 Å². The van der Waals surface area contributed by atoms with Crippen LogP contribution in [0.5, 0.6) is 0 Å². The van der Waals surface area contributed by atoms with Gasteiger partial charge in [0.15, 0.2) is 0 Å².